The highest BCUT2D eigenvalue weighted by Gasteiger charge is 2.30. The molecule has 1 aromatic rings. The molecule has 0 spiro atoms. The van der Waals surface area contributed by atoms with Crippen LogP contribution in [-0.2, 0) is 0 Å². The van der Waals surface area contributed by atoms with Crippen LogP contribution < -0.4 is 0 Å². The van der Waals surface area contributed by atoms with E-state index >= 15 is 0 Å². The van der Waals surface area contributed by atoms with Crippen LogP contribution in [0.25, 0.3) is 0 Å². The van der Waals surface area contributed by atoms with Crippen molar-refractivity contribution in [3.05, 3.63) is 22.6 Å². The summed E-state index contributed by atoms with van der Waals surface area (Å²) in [6, 6.07) is 2.14. The largest absolute Gasteiger partial charge is 0.457 e. The van der Waals surface area contributed by atoms with Gasteiger partial charge < -0.3 is 9.32 Å². The number of carbonyl (C=O) groups is 1. The predicted octanol–water partition coefficient (Wildman–Crippen LogP) is 2.28. The lowest BCUT2D eigenvalue weighted by molar-refractivity contribution is 0.0784. The molecule has 1 aliphatic carbocycles. The Kier molecular flexibility index (Phi) is 2.15. The van der Waals surface area contributed by atoms with Crippen LogP contribution in [-0.4, -0.2) is 23.9 Å². The smallest absolute Gasteiger partial charge is 0.257 e. The molecule has 0 aromatic carbocycles. The average Bonchev–Trinajstić information content (AvgIpc) is 2.87. The topological polar surface area (TPSA) is 33.5 Å². The Morgan fingerprint density at radius 3 is 2.85 bits per heavy atom. The van der Waals surface area contributed by atoms with Crippen LogP contribution >= 0.6 is 15.9 Å². The first-order chi connectivity index (χ1) is 6.18. The van der Waals surface area contributed by atoms with Gasteiger partial charge in [-0.25, -0.2) is 0 Å². The molecule has 0 bridgehead atoms. The Bertz CT molecular complexity index is 330. The minimum absolute atomic E-state index is 0.0388. The lowest BCUT2D eigenvalue weighted by Gasteiger charge is -2.14. The van der Waals surface area contributed by atoms with Crippen molar-refractivity contribution in [2.45, 2.75) is 18.9 Å². The number of hydrogen-bond donors (Lipinski definition) is 0. The highest BCUT2D eigenvalue weighted by atomic mass is 79.9. The van der Waals surface area contributed by atoms with Gasteiger partial charge in [-0.2, -0.15) is 0 Å². The maximum Gasteiger partial charge on any atom is 0.257 e. The summed E-state index contributed by atoms with van der Waals surface area (Å²) in [5, 5.41) is 0. The number of hydrogen-bond acceptors (Lipinski definition) is 2. The first kappa shape index (κ1) is 8.81. The number of carbonyl (C=O) groups excluding carboxylic acids is 1. The van der Waals surface area contributed by atoms with Crippen molar-refractivity contribution in [1.82, 2.24) is 4.90 Å². The second kappa shape index (κ2) is 3.18. The van der Waals surface area contributed by atoms with Gasteiger partial charge in [-0.15, -0.1) is 0 Å². The number of amides is 1. The van der Waals surface area contributed by atoms with Crippen LogP contribution in [0.4, 0.5) is 0 Å². The summed E-state index contributed by atoms with van der Waals surface area (Å²) in [6.07, 6.45) is 3.73. The normalized spacial score (nSPS) is 15.8. The molecule has 0 N–H and O–H groups in total. The monoisotopic (exact) mass is 243 g/mol. The van der Waals surface area contributed by atoms with Crippen molar-refractivity contribution in [2.75, 3.05) is 7.05 Å². The van der Waals surface area contributed by atoms with Crippen molar-refractivity contribution in [3.63, 3.8) is 0 Å². The van der Waals surface area contributed by atoms with Crippen LogP contribution in [0.2, 0.25) is 0 Å². The van der Waals surface area contributed by atoms with E-state index in [9.17, 15) is 4.79 Å². The summed E-state index contributed by atoms with van der Waals surface area (Å²) in [7, 11) is 1.83. The van der Waals surface area contributed by atoms with Gasteiger partial charge in [0.2, 0.25) is 0 Å². The van der Waals surface area contributed by atoms with E-state index in [1.54, 1.807) is 11.0 Å². The molecule has 1 heterocycles. The zero-order valence-corrected chi connectivity index (χ0v) is 8.87. The number of rotatable bonds is 2. The molecule has 0 unspecified atom stereocenters. The molecule has 1 fully saturated rings. The Morgan fingerprint density at radius 2 is 2.38 bits per heavy atom. The van der Waals surface area contributed by atoms with Crippen molar-refractivity contribution in [2.24, 2.45) is 0 Å². The molecule has 1 aliphatic rings. The van der Waals surface area contributed by atoms with Crippen LogP contribution in [0.1, 0.15) is 23.2 Å². The number of halogens is 1. The fourth-order valence-electron chi connectivity index (χ4n) is 1.25. The Morgan fingerprint density at radius 1 is 1.69 bits per heavy atom. The summed E-state index contributed by atoms with van der Waals surface area (Å²) in [6.45, 7) is 0. The van der Waals surface area contributed by atoms with Gasteiger partial charge in [-0.3, -0.25) is 4.79 Å². The zero-order chi connectivity index (χ0) is 9.42. The molecule has 0 atom stereocenters. The molecule has 0 aliphatic heterocycles. The van der Waals surface area contributed by atoms with Gasteiger partial charge in [0, 0.05) is 19.2 Å². The first-order valence-electron chi connectivity index (χ1n) is 4.19. The summed E-state index contributed by atoms with van der Waals surface area (Å²) in [5.41, 5.74) is 0.612. The fraction of sp³-hybridized carbons (Fsp3) is 0.444. The highest BCUT2D eigenvalue weighted by Crippen LogP contribution is 2.27. The quantitative estimate of drug-likeness (QED) is 0.799. The molecule has 3 nitrogen and oxygen atoms in total. The fourth-order valence-corrected chi connectivity index (χ4v) is 1.59. The van der Waals surface area contributed by atoms with E-state index in [0.717, 1.165) is 12.8 Å². The zero-order valence-electron chi connectivity index (χ0n) is 7.29. The minimum atomic E-state index is 0.0388. The summed E-state index contributed by atoms with van der Waals surface area (Å²) < 4.78 is 5.60. The lowest BCUT2D eigenvalue weighted by Crippen LogP contribution is -2.28. The predicted molar refractivity (Wildman–Crippen MR) is 51.5 cm³/mol. The van der Waals surface area contributed by atoms with Gasteiger partial charge in [0.05, 0.1) is 5.56 Å². The molecule has 1 aromatic heterocycles. The summed E-state index contributed by atoms with van der Waals surface area (Å²) in [4.78, 5) is 13.5. The van der Waals surface area contributed by atoms with E-state index in [1.165, 1.54) is 6.26 Å². The molecule has 0 radical (unpaired) electrons. The van der Waals surface area contributed by atoms with Crippen LogP contribution in [0.5, 0.6) is 0 Å². The van der Waals surface area contributed by atoms with E-state index in [1.807, 2.05) is 7.05 Å². The van der Waals surface area contributed by atoms with E-state index in [4.69, 9.17) is 4.42 Å². The Hall–Kier alpha value is -0.770. The molecular formula is C9H10BrNO2. The van der Waals surface area contributed by atoms with E-state index in [2.05, 4.69) is 15.9 Å². The average molecular weight is 244 g/mol. The lowest BCUT2D eigenvalue weighted by atomic mass is 10.3. The molecule has 2 rings (SSSR count). The standard InChI is InChI=1S/C9H10BrNO2/c1-11(7-2-3-7)9(12)6-4-8(10)13-5-6/h4-5,7H,2-3H2,1H3. The number of furan rings is 1. The molecule has 1 amide bonds. The maximum absolute atomic E-state index is 11.7. The van der Waals surface area contributed by atoms with Gasteiger partial charge in [-0.1, -0.05) is 0 Å². The summed E-state index contributed by atoms with van der Waals surface area (Å²) in [5.74, 6) is 0.0388. The van der Waals surface area contributed by atoms with Crippen molar-refractivity contribution in [1.29, 1.82) is 0 Å². The van der Waals surface area contributed by atoms with E-state index in [0.29, 0.717) is 16.3 Å². The highest BCUT2D eigenvalue weighted by molar-refractivity contribution is 9.10. The van der Waals surface area contributed by atoms with Gasteiger partial charge in [-0.05, 0) is 28.8 Å². The number of nitrogens with zero attached hydrogens (tertiary/aromatic N) is 1. The molecule has 4 heteroatoms. The van der Waals surface area contributed by atoms with E-state index < -0.39 is 0 Å². The van der Waals surface area contributed by atoms with Crippen molar-refractivity contribution < 1.29 is 9.21 Å². The van der Waals surface area contributed by atoms with Crippen molar-refractivity contribution >= 4 is 21.8 Å². The van der Waals surface area contributed by atoms with Gasteiger partial charge >= 0.3 is 0 Å². The third-order valence-electron chi connectivity index (χ3n) is 2.23. The van der Waals surface area contributed by atoms with Crippen molar-refractivity contribution in [3.8, 4) is 0 Å². The second-order valence-corrected chi connectivity index (χ2v) is 4.07. The molecule has 13 heavy (non-hydrogen) atoms. The first-order valence-corrected chi connectivity index (χ1v) is 4.99. The SMILES string of the molecule is CN(C(=O)c1coc(Br)c1)C1CC1. The third-order valence-corrected chi connectivity index (χ3v) is 2.65. The van der Waals surface area contributed by atoms with Gasteiger partial charge in [0.1, 0.15) is 6.26 Å². The second-order valence-electron chi connectivity index (χ2n) is 3.29. The third kappa shape index (κ3) is 1.77. The molecule has 0 saturated heterocycles. The van der Waals surface area contributed by atoms with Gasteiger partial charge in [0.25, 0.3) is 5.91 Å². The molecule has 70 valence electrons. The van der Waals surface area contributed by atoms with Crippen LogP contribution in [0.3, 0.4) is 0 Å². The van der Waals surface area contributed by atoms with Crippen LogP contribution in [0, 0.1) is 0 Å². The van der Waals surface area contributed by atoms with Crippen LogP contribution in [0.15, 0.2) is 21.4 Å². The molecular weight excluding hydrogens is 234 g/mol. The maximum atomic E-state index is 11.7. The van der Waals surface area contributed by atoms with Gasteiger partial charge in [0.15, 0.2) is 4.67 Å². The molecule has 1 saturated carbocycles. The Labute approximate surface area is 84.8 Å². The van der Waals surface area contributed by atoms with E-state index in [-0.39, 0.29) is 5.91 Å². The Balaban J connectivity index is 2.11. The summed E-state index contributed by atoms with van der Waals surface area (Å²) >= 11 is 3.16. The minimum Gasteiger partial charge on any atom is -0.457 e.